The topological polar surface area (TPSA) is 44.8 Å². The number of hydrogen-bond acceptors (Lipinski definition) is 4. The van der Waals surface area contributed by atoms with E-state index in [1.807, 2.05) is 27.7 Å². The van der Waals surface area contributed by atoms with Gasteiger partial charge in [-0.3, -0.25) is 4.79 Å². The second-order valence-corrected chi connectivity index (χ2v) is 5.90. The number of esters is 1. The molecule has 0 atom stereocenters. The minimum absolute atomic E-state index is 0.167. The van der Waals surface area contributed by atoms with Crippen LogP contribution >= 0.6 is 0 Å². The average molecular weight is 272 g/mol. The molecule has 0 unspecified atom stereocenters. The maximum Gasteiger partial charge on any atom is 0.311 e. The van der Waals surface area contributed by atoms with Crippen LogP contribution in [0.3, 0.4) is 0 Å². The molecular weight excluding hydrogens is 244 g/mol. The first-order chi connectivity index (χ1) is 8.81. The molecule has 0 aromatic rings. The van der Waals surface area contributed by atoms with Gasteiger partial charge in [-0.05, 0) is 34.1 Å². The first-order valence-corrected chi connectivity index (χ1v) is 6.71. The Kier molecular flexibility index (Phi) is 7.95. The van der Waals surface area contributed by atoms with E-state index in [0.717, 1.165) is 6.42 Å². The maximum atomic E-state index is 11.7. The van der Waals surface area contributed by atoms with Gasteiger partial charge >= 0.3 is 5.97 Å². The number of carbonyl (C=O) groups excluding carboxylic acids is 1. The second kappa shape index (κ2) is 8.33. The highest BCUT2D eigenvalue weighted by Gasteiger charge is 2.35. The highest BCUT2D eigenvalue weighted by atomic mass is 16.7. The lowest BCUT2D eigenvalue weighted by molar-refractivity contribution is -0.190. The summed E-state index contributed by atoms with van der Waals surface area (Å²) in [6.07, 6.45) is 2.63. The Balaban J connectivity index is 0.000000982. The Hall–Kier alpha value is -0.870. The summed E-state index contributed by atoms with van der Waals surface area (Å²) < 4.78 is 15.9. The third-order valence-electron chi connectivity index (χ3n) is 2.85. The molecule has 1 aliphatic rings. The van der Waals surface area contributed by atoms with Gasteiger partial charge in [-0.15, -0.1) is 6.58 Å². The Morgan fingerprint density at radius 3 is 2.21 bits per heavy atom. The molecule has 1 saturated heterocycles. The van der Waals surface area contributed by atoms with Gasteiger partial charge in [0.05, 0.1) is 24.0 Å². The van der Waals surface area contributed by atoms with Crippen molar-refractivity contribution >= 4 is 5.97 Å². The molecule has 0 saturated carbocycles. The quantitative estimate of drug-likeness (QED) is 0.585. The van der Waals surface area contributed by atoms with E-state index in [9.17, 15) is 4.79 Å². The monoisotopic (exact) mass is 272 g/mol. The van der Waals surface area contributed by atoms with Gasteiger partial charge in [-0.25, -0.2) is 0 Å². The van der Waals surface area contributed by atoms with Crippen molar-refractivity contribution < 1.29 is 19.0 Å². The van der Waals surface area contributed by atoms with E-state index in [1.165, 1.54) is 0 Å². The van der Waals surface area contributed by atoms with E-state index >= 15 is 0 Å². The zero-order valence-electron chi connectivity index (χ0n) is 13.0. The lowest BCUT2D eigenvalue weighted by Gasteiger charge is -2.35. The number of ether oxygens (including phenoxy) is 3. The van der Waals surface area contributed by atoms with Gasteiger partial charge in [-0.1, -0.05) is 13.0 Å². The minimum atomic E-state index is -0.453. The van der Waals surface area contributed by atoms with Crippen LogP contribution in [0.1, 0.15) is 41.0 Å². The Labute approximate surface area is 117 Å². The molecule has 0 aliphatic carbocycles. The largest absolute Gasteiger partial charge is 0.465 e. The maximum absolute atomic E-state index is 11.7. The smallest absolute Gasteiger partial charge is 0.311 e. The molecule has 112 valence electrons. The SMILES string of the molecule is C=CC.CCC1(COC(=O)C(C)(C)C)COCOC1. The molecule has 1 aliphatic heterocycles. The molecule has 1 heterocycles. The van der Waals surface area contributed by atoms with Gasteiger partial charge in [0.15, 0.2) is 0 Å². The molecule has 0 aromatic carbocycles. The molecule has 0 amide bonds. The van der Waals surface area contributed by atoms with E-state index in [-0.39, 0.29) is 11.4 Å². The van der Waals surface area contributed by atoms with Crippen molar-refractivity contribution in [1.82, 2.24) is 0 Å². The predicted octanol–water partition coefficient (Wildman–Crippen LogP) is 3.17. The molecule has 0 spiro atoms. The number of carbonyl (C=O) groups is 1. The van der Waals surface area contributed by atoms with Gasteiger partial charge in [-0.2, -0.15) is 0 Å². The van der Waals surface area contributed by atoms with Crippen LogP contribution in [-0.4, -0.2) is 32.6 Å². The summed E-state index contributed by atoms with van der Waals surface area (Å²) in [6.45, 7) is 14.8. The summed E-state index contributed by atoms with van der Waals surface area (Å²) in [4.78, 5) is 11.7. The van der Waals surface area contributed by atoms with E-state index < -0.39 is 5.41 Å². The third-order valence-corrected chi connectivity index (χ3v) is 2.85. The summed E-state index contributed by atoms with van der Waals surface area (Å²) in [5.41, 5.74) is -0.621. The Bertz CT molecular complexity index is 272. The first-order valence-electron chi connectivity index (χ1n) is 6.71. The summed E-state index contributed by atoms with van der Waals surface area (Å²) in [6, 6.07) is 0. The minimum Gasteiger partial charge on any atom is -0.465 e. The molecule has 0 N–H and O–H groups in total. The van der Waals surface area contributed by atoms with Crippen LogP contribution in [-0.2, 0) is 19.0 Å². The fourth-order valence-electron chi connectivity index (χ4n) is 1.44. The van der Waals surface area contributed by atoms with E-state index in [1.54, 1.807) is 6.08 Å². The predicted molar refractivity (Wildman–Crippen MR) is 75.8 cm³/mol. The Morgan fingerprint density at radius 2 is 1.84 bits per heavy atom. The molecule has 1 fully saturated rings. The lowest BCUT2D eigenvalue weighted by Crippen LogP contribution is -2.42. The molecule has 1 rings (SSSR count). The van der Waals surface area contributed by atoms with Gasteiger partial charge < -0.3 is 14.2 Å². The molecule has 0 radical (unpaired) electrons. The van der Waals surface area contributed by atoms with Crippen molar-refractivity contribution in [2.75, 3.05) is 26.6 Å². The highest BCUT2D eigenvalue weighted by molar-refractivity contribution is 5.75. The van der Waals surface area contributed by atoms with Crippen LogP contribution in [0.15, 0.2) is 12.7 Å². The van der Waals surface area contributed by atoms with Gasteiger partial charge in [0, 0.05) is 0 Å². The summed E-state index contributed by atoms with van der Waals surface area (Å²) in [5.74, 6) is -0.175. The Morgan fingerprint density at radius 1 is 1.37 bits per heavy atom. The normalized spacial score (nSPS) is 17.9. The fourth-order valence-corrected chi connectivity index (χ4v) is 1.44. The standard InChI is InChI=1S/C12H22O4.C3H6/c1-5-12(6-14-9-15-7-12)8-16-10(13)11(2,3)4;1-3-2/h5-9H2,1-4H3;3H,1H2,2H3. The van der Waals surface area contributed by atoms with Crippen molar-refractivity contribution in [2.24, 2.45) is 10.8 Å². The molecule has 4 heteroatoms. The van der Waals surface area contributed by atoms with Crippen LogP contribution in [0.25, 0.3) is 0 Å². The number of hydrogen-bond donors (Lipinski definition) is 0. The van der Waals surface area contributed by atoms with Crippen molar-refractivity contribution in [3.8, 4) is 0 Å². The van der Waals surface area contributed by atoms with E-state index in [4.69, 9.17) is 14.2 Å². The highest BCUT2D eigenvalue weighted by Crippen LogP contribution is 2.28. The summed E-state index contributed by atoms with van der Waals surface area (Å²) in [7, 11) is 0. The zero-order valence-corrected chi connectivity index (χ0v) is 13.0. The van der Waals surface area contributed by atoms with E-state index in [2.05, 4.69) is 13.5 Å². The number of allylic oxidation sites excluding steroid dienone is 1. The molecule has 0 aromatic heterocycles. The van der Waals surface area contributed by atoms with E-state index in [0.29, 0.717) is 26.6 Å². The second-order valence-electron chi connectivity index (χ2n) is 5.90. The van der Waals surface area contributed by atoms with Crippen LogP contribution in [0.5, 0.6) is 0 Å². The van der Waals surface area contributed by atoms with Crippen molar-refractivity contribution in [2.45, 2.75) is 41.0 Å². The van der Waals surface area contributed by atoms with Crippen molar-refractivity contribution in [3.63, 3.8) is 0 Å². The van der Waals surface area contributed by atoms with Crippen LogP contribution in [0.4, 0.5) is 0 Å². The third kappa shape index (κ3) is 6.73. The van der Waals surface area contributed by atoms with Crippen LogP contribution < -0.4 is 0 Å². The fraction of sp³-hybridized carbons (Fsp3) is 0.800. The molecule has 19 heavy (non-hydrogen) atoms. The lowest BCUT2D eigenvalue weighted by atomic mass is 9.87. The summed E-state index contributed by atoms with van der Waals surface area (Å²) in [5, 5.41) is 0. The van der Waals surface area contributed by atoms with Crippen LogP contribution in [0, 0.1) is 10.8 Å². The van der Waals surface area contributed by atoms with Gasteiger partial charge in [0.1, 0.15) is 13.4 Å². The van der Waals surface area contributed by atoms with Gasteiger partial charge in [0.2, 0.25) is 0 Å². The summed E-state index contributed by atoms with van der Waals surface area (Å²) >= 11 is 0. The van der Waals surface area contributed by atoms with Crippen molar-refractivity contribution in [3.05, 3.63) is 12.7 Å². The first kappa shape index (κ1) is 18.1. The average Bonchev–Trinajstić information content (AvgIpc) is 2.37. The number of rotatable bonds is 3. The molecular formula is C15H28O4. The zero-order chi connectivity index (χ0) is 14.9. The van der Waals surface area contributed by atoms with Crippen LogP contribution in [0.2, 0.25) is 0 Å². The van der Waals surface area contributed by atoms with Crippen molar-refractivity contribution in [1.29, 1.82) is 0 Å². The van der Waals surface area contributed by atoms with Gasteiger partial charge in [0.25, 0.3) is 0 Å². The molecule has 0 bridgehead atoms. The molecule has 4 nitrogen and oxygen atoms in total.